The number of anilines is 1. The fraction of sp³-hybridized carbons (Fsp3) is 0.619. The number of amides is 1. The topological polar surface area (TPSA) is 73.9 Å². The largest absolute Gasteiger partial charge is 0.490 e. The Hall–Kier alpha value is -2.08. The van der Waals surface area contributed by atoms with E-state index in [1.165, 1.54) is 7.11 Å². The lowest BCUT2D eigenvalue weighted by atomic mass is 9.96. The summed E-state index contributed by atoms with van der Waals surface area (Å²) in [4.78, 5) is 25.0. The van der Waals surface area contributed by atoms with E-state index in [1.807, 2.05) is 13.8 Å². The van der Waals surface area contributed by atoms with E-state index in [0.717, 1.165) is 19.3 Å². The standard InChI is InChI=1S/C21H33NO5/c1-7-9-10-13-21(5,25-6)20(24)22-16-11-12-18(27-15(3)4)17(14-16)19(23)26-8-2/h11-12,14-15H,7-10,13H2,1-6H3,(H,22,24). The van der Waals surface area contributed by atoms with Crippen molar-refractivity contribution in [1.82, 2.24) is 0 Å². The lowest BCUT2D eigenvalue weighted by Gasteiger charge is -2.27. The van der Waals surface area contributed by atoms with E-state index < -0.39 is 11.6 Å². The second kappa shape index (κ2) is 10.9. The highest BCUT2D eigenvalue weighted by atomic mass is 16.5. The monoisotopic (exact) mass is 379 g/mol. The average molecular weight is 379 g/mol. The van der Waals surface area contributed by atoms with Crippen LogP contribution < -0.4 is 10.1 Å². The molecular weight excluding hydrogens is 346 g/mol. The fourth-order valence-corrected chi connectivity index (χ4v) is 2.62. The highest BCUT2D eigenvalue weighted by Crippen LogP contribution is 2.27. The van der Waals surface area contributed by atoms with Crippen LogP contribution in [0.4, 0.5) is 5.69 Å². The summed E-state index contributed by atoms with van der Waals surface area (Å²) in [7, 11) is 1.54. The molecule has 1 rings (SSSR count). The summed E-state index contributed by atoms with van der Waals surface area (Å²) < 4.78 is 16.3. The van der Waals surface area contributed by atoms with Crippen LogP contribution in [0.5, 0.6) is 5.75 Å². The molecule has 0 aliphatic heterocycles. The number of benzene rings is 1. The summed E-state index contributed by atoms with van der Waals surface area (Å²) in [5.74, 6) is -0.297. The van der Waals surface area contributed by atoms with Crippen molar-refractivity contribution < 1.29 is 23.8 Å². The molecular formula is C21H33NO5. The Morgan fingerprint density at radius 3 is 2.44 bits per heavy atom. The van der Waals surface area contributed by atoms with E-state index in [-0.39, 0.29) is 24.2 Å². The van der Waals surface area contributed by atoms with Crippen LogP contribution in [0.3, 0.4) is 0 Å². The summed E-state index contributed by atoms with van der Waals surface area (Å²) in [5.41, 5.74) is -0.141. The van der Waals surface area contributed by atoms with Gasteiger partial charge in [0.05, 0.1) is 12.7 Å². The SMILES string of the molecule is CCCCCC(C)(OC)C(=O)Nc1ccc(OC(C)C)c(C(=O)OCC)c1. The number of carbonyl (C=O) groups excluding carboxylic acids is 2. The minimum absolute atomic E-state index is 0.0889. The minimum Gasteiger partial charge on any atom is -0.490 e. The Morgan fingerprint density at radius 2 is 1.89 bits per heavy atom. The highest BCUT2D eigenvalue weighted by Gasteiger charge is 2.32. The van der Waals surface area contributed by atoms with Crippen LogP contribution in [0, 0.1) is 0 Å². The highest BCUT2D eigenvalue weighted by molar-refractivity contribution is 5.99. The van der Waals surface area contributed by atoms with Gasteiger partial charge in [0.15, 0.2) is 0 Å². The van der Waals surface area contributed by atoms with Crippen molar-refractivity contribution in [2.24, 2.45) is 0 Å². The van der Waals surface area contributed by atoms with Crippen molar-refractivity contribution in [3.63, 3.8) is 0 Å². The van der Waals surface area contributed by atoms with Gasteiger partial charge in [-0.3, -0.25) is 4.79 Å². The zero-order valence-corrected chi connectivity index (χ0v) is 17.4. The van der Waals surface area contributed by atoms with E-state index in [0.29, 0.717) is 17.9 Å². The second-order valence-electron chi connectivity index (χ2n) is 6.94. The van der Waals surface area contributed by atoms with Gasteiger partial charge in [-0.1, -0.05) is 26.2 Å². The Balaban J connectivity index is 3.03. The van der Waals surface area contributed by atoms with Crippen LogP contribution in [0.1, 0.15) is 70.7 Å². The van der Waals surface area contributed by atoms with Crippen molar-refractivity contribution in [2.45, 2.75) is 72.0 Å². The van der Waals surface area contributed by atoms with Crippen LogP contribution in [0.15, 0.2) is 18.2 Å². The molecule has 152 valence electrons. The zero-order chi connectivity index (χ0) is 20.4. The zero-order valence-electron chi connectivity index (χ0n) is 17.4. The van der Waals surface area contributed by atoms with Crippen molar-refractivity contribution in [3.05, 3.63) is 23.8 Å². The molecule has 1 N–H and O–H groups in total. The first kappa shape index (κ1) is 23.0. The van der Waals surface area contributed by atoms with Crippen LogP contribution in [-0.4, -0.2) is 37.3 Å². The normalized spacial score (nSPS) is 13.1. The number of unbranched alkanes of at least 4 members (excludes halogenated alkanes) is 2. The molecule has 0 saturated carbocycles. The number of methoxy groups -OCH3 is 1. The molecule has 0 aliphatic carbocycles. The molecule has 6 heteroatoms. The Labute approximate surface area is 162 Å². The van der Waals surface area contributed by atoms with E-state index in [4.69, 9.17) is 14.2 Å². The van der Waals surface area contributed by atoms with Gasteiger partial charge >= 0.3 is 5.97 Å². The molecule has 1 unspecified atom stereocenters. The first-order valence-electron chi connectivity index (χ1n) is 9.61. The van der Waals surface area contributed by atoms with Gasteiger partial charge in [0.25, 0.3) is 5.91 Å². The first-order valence-corrected chi connectivity index (χ1v) is 9.61. The molecule has 0 aromatic heterocycles. The number of nitrogens with one attached hydrogen (secondary N) is 1. The summed E-state index contributed by atoms with van der Waals surface area (Å²) in [6, 6.07) is 4.96. The van der Waals surface area contributed by atoms with Crippen LogP contribution >= 0.6 is 0 Å². The molecule has 0 spiro atoms. The predicted molar refractivity (Wildman–Crippen MR) is 106 cm³/mol. The molecule has 27 heavy (non-hydrogen) atoms. The number of hydrogen-bond donors (Lipinski definition) is 1. The quantitative estimate of drug-likeness (QED) is 0.450. The summed E-state index contributed by atoms with van der Waals surface area (Å²) in [6.07, 6.45) is 3.56. The second-order valence-corrected chi connectivity index (χ2v) is 6.94. The number of carbonyl (C=O) groups is 2. The Kier molecular flexibility index (Phi) is 9.29. The maximum atomic E-state index is 12.7. The van der Waals surface area contributed by atoms with Gasteiger partial charge in [0.1, 0.15) is 16.9 Å². The smallest absolute Gasteiger partial charge is 0.341 e. The molecule has 0 fully saturated rings. The Morgan fingerprint density at radius 1 is 1.19 bits per heavy atom. The lowest BCUT2D eigenvalue weighted by molar-refractivity contribution is -0.136. The van der Waals surface area contributed by atoms with Crippen LogP contribution in [0.25, 0.3) is 0 Å². The van der Waals surface area contributed by atoms with Crippen molar-refractivity contribution in [1.29, 1.82) is 0 Å². The average Bonchev–Trinajstić information content (AvgIpc) is 2.62. The molecule has 0 saturated heterocycles. The summed E-state index contributed by atoms with van der Waals surface area (Å²) in [6.45, 7) is 9.65. The molecule has 0 aliphatic rings. The summed E-state index contributed by atoms with van der Waals surface area (Å²) in [5, 5.41) is 2.85. The minimum atomic E-state index is -0.924. The Bertz CT molecular complexity index is 629. The van der Waals surface area contributed by atoms with E-state index in [1.54, 1.807) is 32.0 Å². The first-order chi connectivity index (χ1) is 12.8. The van der Waals surface area contributed by atoms with Gasteiger partial charge in [-0.2, -0.15) is 0 Å². The molecule has 0 radical (unpaired) electrons. The van der Waals surface area contributed by atoms with Gasteiger partial charge in [-0.15, -0.1) is 0 Å². The van der Waals surface area contributed by atoms with E-state index >= 15 is 0 Å². The van der Waals surface area contributed by atoms with Crippen molar-refractivity contribution in [3.8, 4) is 5.75 Å². The van der Waals surface area contributed by atoms with E-state index in [9.17, 15) is 9.59 Å². The maximum Gasteiger partial charge on any atom is 0.341 e. The van der Waals surface area contributed by atoms with Crippen LogP contribution in [-0.2, 0) is 14.3 Å². The molecule has 6 nitrogen and oxygen atoms in total. The number of esters is 1. The van der Waals surface area contributed by atoms with Crippen molar-refractivity contribution in [2.75, 3.05) is 19.0 Å². The van der Waals surface area contributed by atoms with Gasteiger partial charge in [-0.25, -0.2) is 4.79 Å². The number of hydrogen-bond acceptors (Lipinski definition) is 5. The van der Waals surface area contributed by atoms with E-state index in [2.05, 4.69) is 12.2 Å². The predicted octanol–water partition coefficient (Wildman–Crippen LogP) is 4.57. The fourth-order valence-electron chi connectivity index (χ4n) is 2.62. The molecule has 1 amide bonds. The number of rotatable bonds is 11. The molecule has 0 heterocycles. The van der Waals surface area contributed by atoms with Crippen LogP contribution in [0.2, 0.25) is 0 Å². The third-order valence-electron chi connectivity index (χ3n) is 4.28. The maximum absolute atomic E-state index is 12.7. The lowest BCUT2D eigenvalue weighted by Crippen LogP contribution is -2.42. The third kappa shape index (κ3) is 6.86. The molecule has 1 atom stereocenters. The van der Waals surface area contributed by atoms with Crippen molar-refractivity contribution >= 4 is 17.6 Å². The number of ether oxygens (including phenoxy) is 3. The molecule has 1 aromatic rings. The third-order valence-corrected chi connectivity index (χ3v) is 4.28. The summed E-state index contributed by atoms with van der Waals surface area (Å²) >= 11 is 0. The van der Waals surface area contributed by atoms with Gasteiger partial charge in [-0.05, 0) is 52.3 Å². The van der Waals surface area contributed by atoms with Gasteiger partial charge in [0, 0.05) is 12.8 Å². The molecule has 1 aromatic carbocycles. The van der Waals surface area contributed by atoms with Gasteiger partial charge < -0.3 is 19.5 Å². The van der Waals surface area contributed by atoms with Gasteiger partial charge in [0.2, 0.25) is 0 Å². The molecule has 0 bridgehead atoms.